The molecule has 13 nitrogen and oxygen atoms in total. The van der Waals surface area contributed by atoms with Gasteiger partial charge in [0.15, 0.2) is 0 Å². The van der Waals surface area contributed by atoms with E-state index >= 15 is 0 Å². The Labute approximate surface area is 306 Å². The molecule has 0 radical (unpaired) electrons. The largest absolute Gasteiger partial charge is 0.444 e. The van der Waals surface area contributed by atoms with Crippen molar-refractivity contribution < 1.29 is 38.2 Å². The standard InChI is InChI=1S/C39H55N5O8/c1-37(2)38(15-8-16-38)39(37)22-31-33(46)42-30(21-25-9-7-10-25)32(45)34(47)41-28-12-4-3-11-27(28)40-17-20-50-18-6-5-13-29(35(48)44(31)24-39)43-36(49)52-26-14-19-51-23-26/h3-4,11-12,25-26,29-31,40H,5-10,13-24H2,1-2H3,(H,41,47)(H,42,46)(H,43,49)/t26?,29-,30?,31-,39+/m0/s1. The number of amides is 4. The van der Waals surface area contributed by atoms with Crippen LogP contribution in [0.15, 0.2) is 24.3 Å². The molecule has 1 aromatic carbocycles. The van der Waals surface area contributed by atoms with E-state index in [0.717, 1.165) is 38.5 Å². The Morgan fingerprint density at radius 1 is 0.923 bits per heavy atom. The number of ketones is 1. The maximum atomic E-state index is 14.7. The molecule has 6 aliphatic rings. The second-order valence-electron chi connectivity index (χ2n) is 16.4. The number of nitrogens with one attached hydrogen (secondary N) is 4. The molecule has 3 saturated carbocycles. The van der Waals surface area contributed by atoms with Gasteiger partial charge in [-0.05, 0) is 73.8 Å². The van der Waals surface area contributed by atoms with Crippen LogP contribution in [0.1, 0.15) is 90.9 Å². The first-order chi connectivity index (χ1) is 25.0. The summed E-state index contributed by atoms with van der Waals surface area (Å²) in [6.45, 7) is 7.05. The maximum Gasteiger partial charge on any atom is 0.408 e. The van der Waals surface area contributed by atoms with Crippen molar-refractivity contribution in [2.75, 3.05) is 50.2 Å². The minimum Gasteiger partial charge on any atom is -0.444 e. The number of alkyl carbamates (subject to hydrolysis) is 1. The number of ether oxygens (including phenoxy) is 3. The van der Waals surface area contributed by atoms with Crippen LogP contribution in [0.5, 0.6) is 0 Å². The summed E-state index contributed by atoms with van der Waals surface area (Å²) in [6, 6.07) is 4.39. The molecule has 52 heavy (non-hydrogen) atoms. The Morgan fingerprint density at radius 3 is 2.38 bits per heavy atom. The lowest BCUT2D eigenvalue weighted by Gasteiger charge is -2.32. The average Bonchev–Trinajstić information content (AvgIpc) is 3.54. The molecule has 5 fully saturated rings. The van der Waals surface area contributed by atoms with Crippen molar-refractivity contribution in [3.05, 3.63) is 24.3 Å². The molecular formula is C39H55N5O8. The van der Waals surface area contributed by atoms with E-state index in [1.165, 1.54) is 0 Å². The van der Waals surface area contributed by atoms with Crippen LogP contribution in [0.4, 0.5) is 16.2 Å². The Morgan fingerprint density at radius 2 is 1.71 bits per heavy atom. The summed E-state index contributed by atoms with van der Waals surface area (Å²) in [5.74, 6) is -2.04. The van der Waals surface area contributed by atoms with E-state index < -0.39 is 41.8 Å². The molecule has 4 amide bonds. The zero-order valence-electron chi connectivity index (χ0n) is 30.6. The fraction of sp³-hybridized carbons (Fsp3) is 0.718. The number of rotatable bonds is 4. The molecule has 0 bridgehead atoms. The zero-order valence-corrected chi connectivity index (χ0v) is 30.6. The van der Waals surface area contributed by atoms with Crippen molar-refractivity contribution >= 4 is 41.0 Å². The predicted octanol–water partition coefficient (Wildman–Crippen LogP) is 4.16. The van der Waals surface area contributed by atoms with Gasteiger partial charge >= 0.3 is 6.09 Å². The van der Waals surface area contributed by atoms with Crippen molar-refractivity contribution in [1.29, 1.82) is 0 Å². The van der Waals surface area contributed by atoms with Crippen LogP contribution in [-0.2, 0) is 33.4 Å². The molecule has 1 aromatic rings. The summed E-state index contributed by atoms with van der Waals surface area (Å²) < 4.78 is 16.9. The first-order valence-electron chi connectivity index (χ1n) is 19.5. The van der Waals surface area contributed by atoms with E-state index in [9.17, 15) is 24.0 Å². The number of anilines is 2. The highest BCUT2D eigenvalue weighted by Crippen LogP contribution is 2.88. The van der Waals surface area contributed by atoms with Crippen molar-refractivity contribution in [1.82, 2.24) is 15.5 Å². The van der Waals surface area contributed by atoms with Crippen LogP contribution in [0.25, 0.3) is 0 Å². The number of fused-ring (bicyclic) bond motifs is 3. The van der Waals surface area contributed by atoms with Gasteiger partial charge in [-0.2, -0.15) is 0 Å². The number of hydrogen-bond donors (Lipinski definition) is 4. The van der Waals surface area contributed by atoms with Crippen LogP contribution in [-0.4, -0.2) is 98.2 Å². The van der Waals surface area contributed by atoms with Gasteiger partial charge in [0.25, 0.3) is 5.91 Å². The third-order valence-corrected chi connectivity index (χ3v) is 13.6. The molecule has 7 rings (SSSR count). The van der Waals surface area contributed by atoms with Gasteiger partial charge in [-0.3, -0.25) is 19.2 Å². The monoisotopic (exact) mass is 721 g/mol. The molecule has 3 aliphatic carbocycles. The highest BCUT2D eigenvalue weighted by Gasteiger charge is 2.85. The lowest BCUT2D eigenvalue weighted by Crippen LogP contribution is -2.56. The highest BCUT2D eigenvalue weighted by molar-refractivity contribution is 6.42. The van der Waals surface area contributed by atoms with Gasteiger partial charge < -0.3 is 40.4 Å². The number of nitrogens with zero attached hydrogens (tertiary/aromatic N) is 1. The van der Waals surface area contributed by atoms with Crippen LogP contribution in [0, 0.1) is 22.2 Å². The summed E-state index contributed by atoms with van der Waals surface area (Å²) in [4.78, 5) is 71.5. The van der Waals surface area contributed by atoms with Crippen molar-refractivity contribution in [3.8, 4) is 0 Å². The lowest BCUT2D eigenvalue weighted by molar-refractivity contribution is -0.142. The molecule has 2 spiro atoms. The van der Waals surface area contributed by atoms with Gasteiger partial charge in [0, 0.05) is 31.5 Å². The number of carbonyl (C=O) groups is 5. The molecule has 3 aliphatic heterocycles. The van der Waals surface area contributed by atoms with Crippen LogP contribution < -0.4 is 21.3 Å². The number of benzene rings is 1. The summed E-state index contributed by atoms with van der Waals surface area (Å²) >= 11 is 0. The molecule has 3 heterocycles. The minimum absolute atomic E-state index is 0.0456. The number of carbonyl (C=O) groups excluding carboxylic acids is 5. The molecule has 2 unspecified atom stereocenters. The Kier molecular flexibility index (Phi) is 10.5. The van der Waals surface area contributed by atoms with Crippen molar-refractivity contribution in [2.24, 2.45) is 22.2 Å². The van der Waals surface area contributed by atoms with Crippen LogP contribution in [0.3, 0.4) is 0 Å². The third-order valence-electron chi connectivity index (χ3n) is 13.6. The second-order valence-corrected chi connectivity index (χ2v) is 16.4. The van der Waals surface area contributed by atoms with Gasteiger partial charge in [0.05, 0.1) is 37.2 Å². The van der Waals surface area contributed by atoms with Crippen LogP contribution >= 0.6 is 0 Å². The molecule has 2 saturated heterocycles. The minimum atomic E-state index is -1.03. The highest BCUT2D eigenvalue weighted by atomic mass is 16.6. The first kappa shape index (κ1) is 36.6. The van der Waals surface area contributed by atoms with E-state index in [1.54, 1.807) is 17.0 Å². The molecule has 0 aromatic heterocycles. The summed E-state index contributed by atoms with van der Waals surface area (Å²) in [6.07, 6.45) is 8.10. The van der Waals surface area contributed by atoms with Gasteiger partial charge in [0.1, 0.15) is 18.2 Å². The fourth-order valence-corrected chi connectivity index (χ4v) is 10.0. The number of para-hydroxylation sites is 2. The van der Waals surface area contributed by atoms with Crippen molar-refractivity contribution in [3.63, 3.8) is 0 Å². The summed E-state index contributed by atoms with van der Waals surface area (Å²) in [7, 11) is 0. The Hall–Kier alpha value is -3.71. The fourth-order valence-electron chi connectivity index (χ4n) is 10.0. The second kappa shape index (κ2) is 15.0. The van der Waals surface area contributed by atoms with E-state index in [1.807, 2.05) is 12.1 Å². The molecule has 13 heteroatoms. The molecule has 284 valence electrons. The predicted molar refractivity (Wildman–Crippen MR) is 192 cm³/mol. The smallest absolute Gasteiger partial charge is 0.408 e. The SMILES string of the molecule is CC1(C)C2(CCC2)[C@@]12C[C@H]1C(=O)NC(CC3CCC3)C(=O)C(=O)Nc3ccccc3NCCOCCCC[C@H](NC(=O)OC3CCOC3)C(=O)N1C2. The average molecular weight is 722 g/mol. The normalized spacial score (nSPS) is 32.4. The molecule has 4 N–H and O–H groups in total. The summed E-state index contributed by atoms with van der Waals surface area (Å²) in [5.41, 5.74) is 0.838. The van der Waals surface area contributed by atoms with E-state index in [2.05, 4.69) is 35.1 Å². The topological polar surface area (TPSA) is 164 Å². The van der Waals surface area contributed by atoms with Gasteiger partial charge in [-0.25, -0.2) is 4.79 Å². The maximum absolute atomic E-state index is 14.7. The van der Waals surface area contributed by atoms with Gasteiger partial charge in [-0.1, -0.05) is 51.7 Å². The van der Waals surface area contributed by atoms with E-state index in [4.69, 9.17) is 14.2 Å². The van der Waals surface area contributed by atoms with Gasteiger partial charge in [-0.15, -0.1) is 0 Å². The summed E-state index contributed by atoms with van der Waals surface area (Å²) in [5, 5.41) is 11.9. The number of hydrogen-bond acceptors (Lipinski definition) is 9. The molecular weight excluding hydrogens is 666 g/mol. The molecule has 5 atom stereocenters. The van der Waals surface area contributed by atoms with E-state index in [0.29, 0.717) is 89.4 Å². The Bertz CT molecular complexity index is 1540. The zero-order chi connectivity index (χ0) is 36.5. The quantitative estimate of drug-likeness (QED) is 0.334. The lowest BCUT2D eigenvalue weighted by atomic mass is 9.73. The third kappa shape index (κ3) is 6.79. The number of Topliss-reactive ketones (excluding diaryl/α,β-unsaturated/α-hetero) is 1. The van der Waals surface area contributed by atoms with Gasteiger partial charge in [0.2, 0.25) is 17.6 Å². The van der Waals surface area contributed by atoms with Crippen molar-refractivity contribution in [2.45, 2.75) is 115 Å². The van der Waals surface area contributed by atoms with Crippen LogP contribution in [0.2, 0.25) is 0 Å². The first-order valence-corrected chi connectivity index (χ1v) is 19.5. The Balaban J connectivity index is 1.17. The van der Waals surface area contributed by atoms with E-state index in [-0.39, 0.29) is 34.2 Å².